The lowest BCUT2D eigenvalue weighted by Crippen LogP contribution is -2.53. The number of hydrogen-bond donors (Lipinski definition) is 3. The monoisotopic (exact) mass is 901 g/mol. The summed E-state index contributed by atoms with van der Waals surface area (Å²) in [6.45, 7) is 4.89. The summed E-state index contributed by atoms with van der Waals surface area (Å²) in [7, 11) is 2.60. The molecule has 1 unspecified atom stereocenters. The molecule has 13 nitrogen and oxygen atoms in total. The van der Waals surface area contributed by atoms with Crippen LogP contribution in [0.4, 0.5) is 15.3 Å². The summed E-state index contributed by atoms with van der Waals surface area (Å²) in [6, 6.07) is 24.8. The van der Waals surface area contributed by atoms with Crippen LogP contribution in [-0.4, -0.2) is 88.9 Å². The number of H-pyrrole nitrogens is 1. The minimum Gasteiger partial charge on any atom is -0.453 e. The van der Waals surface area contributed by atoms with Crippen molar-refractivity contribution in [1.82, 2.24) is 30.4 Å². The van der Waals surface area contributed by atoms with E-state index >= 15 is 0 Å². The second-order valence-corrected chi connectivity index (χ2v) is 19.4. The molecule has 5 aromatic rings. The molecule has 5 aliphatic rings. The number of imidazole rings is 1. The molecule has 1 saturated heterocycles. The summed E-state index contributed by atoms with van der Waals surface area (Å²) in [4.78, 5) is 70.0. The van der Waals surface area contributed by atoms with Crippen LogP contribution in [0.1, 0.15) is 99.0 Å². The Bertz CT molecular complexity index is 2810. The first-order chi connectivity index (χ1) is 32.5. The normalized spacial score (nSPS) is 20.2. The van der Waals surface area contributed by atoms with Gasteiger partial charge in [-0.05, 0) is 119 Å². The number of methoxy groups -OCH3 is 2. The summed E-state index contributed by atoms with van der Waals surface area (Å²) in [5, 5.41) is 5.51. The number of rotatable bonds is 10. The van der Waals surface area contributed by atoms with Gasteiger partial charge < -0.3 is 34.9 Å². The molecule has 3 N–H and O–H groups in total. The highest BCUT2D eigenvalue weighted by Gasteiger charge is 2.42. The van der Waals surface area contributed by atoms with Crippen LogP contribution in [0.5, 0.6) is 0 Å². The van der Waals surface area contributed by atoms with Gasteiger partial charge in [0.25, 0.3) is 5.91 Å². The molecule has 346 valence electrons. The number of nitrogens with zero attached hydrogens (tertiary/aromatic N) is 4. The van der Waals surface area contributed by atoms with E-state index in [1.54, 1.807) is 4.90 Å². The quantitative estimate of drug-likeness (QED) is 0.118. The van der Waals surface area contributed by atoms with E-state index in [0.717, 1.165) is 53.7 Å². The topological polar surface area (TPSA) is 158 Å². The van der Waals surface area contributed by atoms with E-state index in [9.17, 15) is 19.2 Å². The van der Waals surface area contributed by atoms with Crippen molar-refractivity contribution in [2.24, 2.45) is 16.3 Å². The number of likely N-dealkylation sites (tertiary alicyclic amines) is 1. The molecule has 0 radical (unpaired) electrons. The molecule has 1 saturated carbocycles. The summed E-state index contributed by atoms with van der Waals surface area (Å²) >= 11 is 0. The van der Waals surface area contributed by atoms with Crippen molar-refractivity contribution in [2.45, 2.75) is 102 Å². The van der Waals surface area contributed by atoms with E-state index in [1.165, 1.54) is 79.7 Å². The van der Waals surface area contributed by atoms with Gasteiger partial charge in [0.2, 0.25) is 5.91 Å². The number of fused-ring (bicyclic) bond motifs is 3. The maximum atomic E-state index is 14.2. The van der Waals surface area contributed by atoms with Crippen molar-refractivity contribution in [3.63, 3.8) is 0 Å². The Labute approximate surface area is 391 Å². The molecule has 4 amide bonds. The Morgan fingerprint density at radius 1 is 0.791 bits per heavy atom. The fourth-order valence-electron chi connectivity index (χ4n) is 11.5. The fourth-order valence-corrected chi connectivity index (χ4v) is 11.5. The van der Waals surface area contributed by atoms with Gasteiger partial charge >= 0.3 is 12.2 Å². The highest BCUT2D eigenvalue weighted by molar-refractivity contribution is 6.01. The number of carbonyl (C=O) groups excluding carboxylic acids is 4. The molecule has 4 aromatic carbocycles. The van der Waals surface area contributed by atoms with Gasteiger partial charge in [0.1, 0.15) is 23.9 Å². The molecule has 2 aliphatic carbocycles. The Balaban J connectivity index is 0.924. The largest absolute Gasteiger partial charge is 0.453 e. The van der Waals surface area contributed by atoms with E-state index in [0.29, 0.717) is 30.9 Å². The smallest absolute Gasteiger partial charge is 0.407 e. The average molecular weight is 902 g/mol. The first-order valence-corrected chi connectivity index (χ1v) is 23.9. The fraction of sp³-hybridized carbons (Fsp3) is 0.407. The van der Waals surface area contributed by atoms with Gasteiger partial charge in [0.15, 0.2) is 0 Å². The van der Waals surface area contributed by atoms with Crippen molar-refractivity contribution in [3.8, 4) is 22.3 Å². The average Bonchev–Trinajstić information content (AvgIpc) is 4.21. The number of carbonyl (C=O) groups is 4. The molecule has 67 heavy (non-hydrogen) atoms. The number of aromatic amines is 1. The number of benzene rings is 4. The van der Waals surface area contributed by atoms with Crippen molar-refractivity contribution < 1.29 is 28.7 Å². The van der Waals surface area contributed by atoms with Crippen LogP contribution < -0.4 is 10.6 Å². The Hall–Kier alpha value is -6.76. The number of nitrogens with one attached hydrogen (secondary N) is 3. The van der Waals surface area contributed by atoms with Crippen LogP contribution >= 0.6 is 0 Å². The van der Waals surface area contributed by atoms with Gasteiger partial charge in [-0.2, -0.15) is 0 Å². The lowest BCUT2D eigenvalue weighted by atomic mass is 9.72. The number of amides is 4. The van der Waals surface area contributed by atoms with Gasteiger partial charge in [-0.25, -0.2) is 14.6 Å². The van der Waals surface area contributed by atoms with Gasteiger partial charge in [0, 0.05) is 25.2 Å². The maximum Gasteiger partial charge on any atom is 0.407 e. The zero-order valence-corrected chi connectivity index (χ0v) is 38.8. The first kappa shape index (κ1) is 44.1. The predicted octanol–water partition coefficient (Wildman–Crippen LogP) is 9.48. The predicted molar refractivity (Wildman–Crippen MR) is 258 cm³/mol. The Morgan fingerprint density at radius 3 is 2.21 bits per heavy atom. The van der Waals surface area contributed by atoms with Crippen LogP contribution in [0.3, 0.4) is 0 Å². The first-order valence-electron chi connectivity index (χ1n) is 23.9. The molecule has 1 spiro atoms. The molecular formula is C54H59N7O6. The summed E-state index contributed by atoms with van der Waals surface area (Å²) in [6.07, 6.45) is 13.5. The van der Waals surface area contributed by atoms with Gasteiger partial charge in [-0.3, -0.25) is 14.6 Å². The third-order valence-corrected chi connectivity index (χ3v) is 14.9. The third-order valence-electron chi connectivity index (χ3n) is 14.9. The van der Waals surface area contributed by atoms with Crippen LogP contribution in [-0.2, 0) is 38.3 Å². The van der Waals surface area contributed by atoms with Crippen molar-refractivity contribution in [1.29, 1.82) is 0 Å². The molecule has 13 heteroatoms. The summed E-state index contributed by atoms with van der Waals surface area (Å²) < 4.78 is 9.73. The summed E-state index contributed by atoms with van der Waals surface area (Å²) in [5.41, 5.74) is 13.5. The maximum absolute atomic E-state index is 14.2. The third kappa shape index (κ3) is 8.37. The van der Waals surface area contributed by atoms with Crippen LogP contribution in [0.15, 0.2) is 96.0 Å². The van der Waals surface area contributed by atoms with E-state index in [2.05, 4.69) is 64.1 Å². The number of aromatic nitrogens is 2. The Morgan fingerprint density at radius 2 is 1.49 bits per heavy atom. The summed E-state index contributed by atoms with van der Waals surface area (Å²) in [5.74, 6) is 0.223. The number of alkyl carbamates (subject to hydrolysis) is 2. The minimum absolute atomic E-state index is 0.0881. The second kappa shape index (κ2) is 18.1. The van der Waals surface area contributed by atoms with Crippen molar-refractivity contribution >= 4 is 46.4 Å². The van der Waals surface area contributed by atoms with Crippen LogP contribution in [0, 0.1) is 11.3 Å². The van der Waals surface area contributed by atoms with Crippen molar-refractivity contribution in [3.05, 3.63) is 119 Å². The lowest BCUT2D eigenvalue weighted by Gasteiger charge is -2.33. The minimum atomic E-state index is -0.922. The van der Waals surface area contributed by atoms with Gasteiger partial charge in [-0.15, -0.1) is 0 Å². The Kier molecular flexibility index (Phi) is 11.9. The zero-order chi connectivity index (χ0) is 46.4. The van der Waals surface area contributed by atoms with E-state index < -0.39 is 30.3 Å². The number of ether oxygens (including phenoxy) is 2. The molecule has 4 atom stereocenters. The molecule has 10 rings (SSSR count). The molecule has 0 bridgehead atoms. The zero-order valence-electron chi connectivity index (χ0n) is 38.8. The second-order valence-electron chi connectivity index (χ2n) is 19.4. The lowest BCUT2D eigenvalue weighted by molar-refractivity contribution is -0.134. The van der Waals surface area contributed by atoms with Crippen molar-refractivity contribution in [2.75, 3.05) is 27.3 Å². The van der Waals surface area contributed by atoms with Crippen LogP contribution in [0.25, 0.3) is 33.3 Å². The van der Waals surface area contributed by atoms with E-state index in [-0.39, 0.29) is 29.2 Å². The van der Waals surface area contributed by atoms with Gasteiger partial charge in [-0.1, -0.05) is 99.9 Å². The van der Waals surface area contributed by atoms with E-state index in [4.69, 9.17) is 19.5 Å². The van der Waals surface area contributed by atoms with Crippen LogP contribution in [0.2, 0.25) is 0 Å². The number of hydrogen-bond acceptors (Lipinski definition) is 8. The molecule has 4 heterocycles. The molecular weight excluding hydrogens is 843 g/mol. The highest BCUT2D eigenvalue weighted by Crippen LogP contribution is 2.52. The molecule has 2 fully saturated rings. The standard InChI is InChI=1S/C54H59N7O6/c1-32(2)47(58-52(64)66-3)50(62)60-25-11-15-45(60)44-29-36-27-34(17-21-41(36)55-44)37-19-20-38(40-31-54(30-39(37)40)23-9-6-10-24-54)35-18-22-42-43(28-35)57-49(56-42)46-16-12-26-61(46)51(63)48(59-53(65)67-4)33-13-7-5-8-14-33/h5,7-8,12-14,16-22,27-28,32,45-48H,6,9-11,15,23-26,29-31H2,1-4H3,(H,56,57)(H,58,64)(H,59,65)/t45-,46-,47?,48+/m0/s1. The molecule has 3 aliphatic heterocycles. The molecule has 1 aromatic heterocycles. The highest BCUT2D eigenvalue weighted by atomic mass is 16.5. The van der Waals surface area contributed by atoms with E-state index in [1.807, 2.05) is 61.2 Å². The SMILES string of the molecule is COC(=O)NC(C(=O)N1CCC[C@H]1C1=Nc2ccc(-c3ccc(-c4ccc5nc([C@@H]6C=CCN6C(=O)[C@H](NC(=O)OC)c6ccccc6)[nH]c5c4)c4c3CC3(CCCCC3)C4)cc2C1)C(C)C. The number of aliphatic imine (C=N–C) groups is 1. The van der Waals surface area contributed by atoms with Gasteiger partial charge in [0.05, 0.1) is 37.0 Å².